The van der Waals surface area contributed by atoms with Crippen LogP contribution in [0.25, 0.3) is 0 Å². The van der Waals surface area contributed by atoms with Gasteiger partial charge in [0.15, 0.2) is 0 Å². The van der Waals surface area contributed by atoms with E-state index in [1.165, 1.54) is 0 Å². The summed E-state index contributed by atoms with van der Waals surface area (Å²) in [5.41, 5.74) is 1.70. The molecule has 1 saturated heterocycles. The van der Waals surface area contributed by atoms with Crippen molar-refractivity contribution in [3.8, 4) is 0 Å². The summed E-state index contributed by atoms with van der Waals surface area (Å²) in [7, 11) is 1.85. The molecule has 2 rings (SSSR count). The predicted molar refractivity (Wildman–Crippen MR) is 75.0 cm³/mol. The molecule has 0 N–H and O–H groups in total. The lowest BCUT2D eigenvalue weighted by Crippen LogP contribution is -2.30. The number of nitrogens with zero attached hydrogens (tertiary/aromatic N) is 3. The fourth-order valence-corrected chi connectivity index (χ4v) is 3.12. The minimum absolute atomic E-state index is 0.127. The first-order valence-corrected chi connectivity index (χ1v) is 7.66. The summed E-state index contributed by atoms with van der Waals surface area (Å²) >= 11 is 3.47. The first kappa shape index (κ1) is 13.6. The van der Waals surface area contributed by atoms with Crippen LogP contribution in [0.2, 0.25) is 0 Å². The third-order valence-corrected chi connectivity index (χ3v) is 4.06. The molecule has 0 spiro atoms. The Kier molecular flexibility index (Phi) is 4.43. The van der Waals surface area contributed by atoms with Gasteiger partial charge < -0.3 is 4.90 Å². The number of hydrogen-bond donors (Lipinski definition) is 0. The summed E-state index contributed by atoms with van der Waals surface area (Å²) in [6.07, 6.45) is 3.14. The van der Waals surface area contributed by atoms with Gasteiger partial charge in [-0.25, -0.2) is 0 Å². The first-order chi connectivity index (χ1) is 8.65. The Balaban J connectivity index is 2.05. The molecular weight excluding hydrogens is 294 g/mol. The molecule has 1 fully saturated rings. The van der Waals surface area contributed by atoms with Crippen molar-refractivity contribution < 1.29 is 4.79 Å². The number of aryl methyl sites for hydroxylation is 2. The summed E-state index contributed by atoms with van der Waals surface area (Å²) in [6, 6.07) is 1.92. The van der Waals surface area contributed by atoms with E-state index in [0.717, 1.165) is 43.4 Å². The summed E-state index contributed by atoms with van der Waals surface area (Å²) in [6.45, 7) is 3.82. The molecule has 1 atom stereocenters. The number of rotatable bonds is 4. The predicted octanol–water partition coefficient (Wildman–Crippen LogP) is 2.23. The number of hydrogen-bond acceptors (Lipinski definition) is 2. The molecule has 0 saturated carbocycles. The van der Waals surface area contributed by atoms with Gasteiger partial charge in [-0.2, -0.15) is 5.10 Å². The van der Waals surface area contributed by atoms with Gasteiger partial charge in [0.2, 0.25) is 0 Å². The zero-order valence-electron chi connectivity index (χ0n) is 11.0. The van der Waals surface area contributed by atoms with Crippen molar-refractivity contribution in [3.05, 3.63) is 17.5 Å². The lowest BCUT2D eigenvalue weighted by Gasteiger charge is -2.16. The topological polar surface area (TPSA) is 38.1 Å². The van der Waals surface area contributed by atoms with Crippen LogP contribution in [-0.4, -0.2) is 39.0 Å². The average molecular weight is 314 g/mol. The van der Waals surface area contributed by atoms with Gasteiger partial charge in [0, 0.05) is 25.5 Å². The van der Waals surface area contributed by atoms with E-state index in [9.17, 15) is 4.79 Å². The van der Waals surface area contributed by atoms with Crippen LogP contribution in [0.1, 0.15) is 35.9 Å². The smallest absolute Gasteiger partial charge is 0.272 e. The fourth-order valence-electron chi connectivity index (χ4n) is 2.47. The van der Waals surface area contributed by atoms with Crippen molar-refractivity contribution in [1.82, 2.24) is 14.7 Å². The van der Waals surface area contributed by atoms with E-state index in [1.807, 2.05) is 18.0 Å². The molecule has 0 aliphatic carbocycles. The third-order valence-electron chi connectivity index (χ3n) is 3.60. The second kappa shape index (κ2) is 5.87. The van der Waals surface area contributed by atoms with Crippen molar-refractivity contribution >= 4 is 21.8 Å². The lowest BCUT2D eigenvalue weighted by atomic mass is 10.1. The Hall–Kier alpha value is -0.840. The molecule has 0 aromatic carbocycles. The number of likely N-dealkylation sites (tertiary alicyclic amines) is 1. The Labute approximate surface area is 116 Å². The molecule has 1 aliphatic heterocycles. The van der Waals surface area contributed by atoms with Gasteiger partial charge in [-0.3, -0.25) is 9.48 Å². The van der Waals surface area contributed by atoms with Crippen LogP contribution >= 0.6 is 15.9 Å². The Bertz CT molecular complexity index is 430. The van der Waals surface area contributed by atoms with Gasteiger partial charge in [0.25, 0.3) is 5.91 Å². The average Bonchev–Trinajstić information content (AvgIpc) is 2.95. The second-order valence-electron chi connectivity index (χ2n) is 4.88. The van der Waals surface area contributed by atoms with Crippen LogP contribution in [0.5, 0.6) is 0 Å². The van der Waals surface area contributed by atoms with Gasteiger partial charge in [-0.05, 0) is 31.2 Å². The molecule has 4 nitrogen and oxygen atoms in total. The standard InChI is InChI=1S/C13H20BrN3O/c1-3-11-8-12(16(2)15-11)13(18)17-7-5-10(9-17)4-6-14/h8,10H,3-7,9H2,1-2H3. The molecule has 5 heteroatoms. The first-order valence-electron chi connectivity index (χ1n) is 6.53. The van der Waals surface area contributed by atoms with Crippen LogP contribution in [0.3, 0.4) is 0 Å². The molecule has 1 aliphatic rings. The van der Waals surface area contributed by atoms with Crippen molar-refractivity contribution in [1.29, 1.82) is 0 Å². The highest BCUT2D eigenvalue weighted by molar-refractivity contribution is 9.09. The minimum atomic E-state index is 0.127. The zero-order chi connectivity index (χ0) is 13.1. The van der Waals surface area contributed by atoms with Gasteiger partial charge in [-0.1, -0.05) is 22.9 Å². The van der Waals surface area contributed by atoms with Crippen molar-refractivity contribution in [2.75, 3.05) is 18.4 Å². The fraction of sp³-hybridized carbons (Fsp3) is 0.692. The van der Waals surface area contributed by atoms with E-state index in [1.54, 1.807) is 4.68 Å². The highest BCUT2D eigenvalue weighted by atomic mass is 79.9. The molecular formula is C13H20BrN3O. The molecule has 18 heavy (non-hydrogen) atoms. The Morgan fingerprint density at radius 2 is 2.39 bits per heavy atom. The molecule has 1 aromatic rings. The summed E-state index contributed by atoms with van der Waals surface area (Å²) in [5, 5.41) is 5.36. The van der Waals surface area contributed by atoms with Gasteiger partial charge in [-0.15, -0.1) is 0 Å². The molecule has 2 heterocycles. The van der Waals surface area contributed by atoms with Crippen LogP contribution in [0.15, 0.2) is 6.07 Å². The minimum Gasteiger partial charge on any atom is -0.337 e. The SMILES string of the molecule is CCc1cc(C(=O)N2CCC(CCBr)C2)n(C)n1. The van der Waals surface area contributed by atoms with E-state index in [2.05, 4.69) is 28.0 Å². The number of carbonyl (C=O) groups excluding carboxylic acids is 1. The highest BCUT2D eigenvalue weighted by Gasteiger charge is 2.28. The van der Waals surface area contributed by atoms with Crippen LogP contribution in [0, 0.1) is 5.92 Å². The maximum Gasteiger partial charge on any atom is 0.272 e. The number of amides is 1. The van der Waals surface area contributed by atoms with Gasteiger partial charge in [0.05, 0.1) is 5.69 Å². The monoisotopic (exact) mass is 313 g/mol. The second-order valence-corrected chi connectivity index (χ2v) is 5.67. The quantitative estimate of drug-likeness (QED) is 0.799. The lowest BCUT2D eigenvalue weighted by molar-refractivity contribution is 0.0776. The molecule has 0 bridgehead atoms. The normalized spacial score (nSPS) is 19.5. The molecule has 100 valence electrons. The molecule has 0 radical (unpaired) electrons. The van der Waals surface area contributed by atoms with E-state index >= 15 is 0 Å². The number of aromatic nitrogens is 2. The highest BCUT2D eigenvalue weighted by Crippen LogP contribution is 2.22. The van der Waals surface area contributed by atoms with E-state index in [4.69, 9.17) is 0 Å². The number of alkyl halides is 1. The van der Waals surface area contributed by atoms with E-state index in [0.29, 0.717) is 11.6 Å². The van der Waals surface area contributed by atoms with E-state index in [-0.39, 0.29) is 5.91 Å². The molecule has 1 unspecified atom stereocenters. The molecule has 1 aromatic heterocycles. The summed E-state index contributed by atoms with van der Waals surface area (Å²) in [5.74, 6) is 0.772. The van der Waals surface area contributed by atoms with E-state index < -0.39 is 0 Å². The maximum absolute atomic E-state index is 12.4. The third kappa shape index (κ3) is 2.76. The number of halogens is 1. The maximum atomic E-state index is 12.4. The van der Waals surface area contributed by atoms with Crippen LogP contribution < -0.4 is 0 Å². The largest absolute Gasteiger partial charge is 0.337 e. The summed E-state index contributed by atoms with van der Waals surface area (Å²) < 4.78 is 1.71. The van der Waals surface area contributed by atoms with Crippen molar-refractivity contribution in [3.63, 3.8) is 0 Å². The Morgan fingerprint density at radius 3 is 3.00 bits per heavy atom. The molecule has 1 amide bonds. The van der Waals surface area contributed by atoms with Crippen LogP contribution in [0.4, 0.5) is 0 Å². The van der Waals surface area contributed by atoms with Gasteiger partial charge in [0.1, 0.15) is 5.69 Å². The van der Waals surface area contributed by atoms with Crippen molar-refractivity contribution in [2.24, 2.45) is 13.0 Å². The van der Waals surface area contributed by atoms with Crippen molar-refractivity contribution in [2.45, 2.75) is 26.2 Å². The zero-order valence-corrected chi connectivity index (χ0v) is 12.6. The summed E-state index contributed by atoms with van der Waals surface area (Å²) in [4.78, 5) is 14.4. The number of carbonyl (C=O) groups is 1. The van der Waals surface area contributed by atoms with Gasteiger partial charge >= 0.3 is 0 Å². The Morgan fingerprint density at radius 1 is 1.61 bits per heavy atom. The van der Waals surface area contributed by atoms with Crippen LogP contribution in [-0.2, 0) is 13.5 Å².